The predicted molar refractivity (Wildman–Crippen MR) is 73.4 cm³/mol. The Kier molecular flexibility index (Phi) is 4.57. The zero-order chi connectivity index (χ0) is 15.5. The second kappa shape index (κ2) is 6.22. The molecule has 2 aromatic heterocycles. The van der Waals surface area contributed by atoms with E-state index in [4.69, 9.17) is 0 Å². The number of nitrogens with zero attached hydrogens (tertiary/aromatic N) is 3. The van der Waals surface area contributed by atoms with Crippen LogP contribution in [0.2, 0.25) is 0 Å². The molecule has 0 spiro atoms. The summed E-state index contributed by atoms with van der Waals surface area (Å²) < 4.78 is 37.4. The summed E-state index contributed by atoms with van der Waals surface area (Å²) in [6.45, 7) is 2.50. The minimum absolute atomic E-state index is 0.0634. The molecule has 2 rings (SSSR count). The summed E-state index contributed by atoms with van der Waals surface area (Å²) in [5, 5.41) is 0. The maximum atomic E-state index is 12.5. The van der Waals surface area contributed by atoms with Gasteiger partial charge in [0.05, 0.1) is 5.69 Å². The van der Waals surface area contributed by atoms with Gasteiger partial charge < -0.3 is 0 Å². The lowest BCUT2D eigenvalue weighted by Gasteiger charge is -2.24. The first-order valence-corrected chi connectivity index (χ1v) is 6.51. The number of hydrogen-bond donors (Lipinski definition) is 0. The molecule has 0 N–H and O–H groups in total. The zero-order valence-electron chi connectivity index (χ0n) is 11.8. The van der Waals surface area contributed by atoms with E-state index in [1.807, 2.05) is 37.1 Å². The van der Waals surface area contributed by atoms with E-state index in [9.17, 15) is 13.2 Å². The van der Waals surface area contributed by atoms with Crippen LogP contribution in [0.25, 0.3) is 0 Å². The molecule has 2 aromatic rings. The average molecular weight is 295 g/mol. The van der Waals surface area contributed by atoms with Gasteiger partial charge in [0.15, 0.2) is 0 Å². The molecular formula is C15H16F3N3. The molecule has 6 heteroatoms. The van der Waals surface area contributed by atoms with Crippen molar-refractivity contribution < 1.29 is 13.2 Å². The highest BCUT2D eigenvalue weighted by Gasteiger charge is 2.32. The zero-order valence-corrected chi connectivity index (χ0v) is 11.8. The number of aromatic nitrogens is 2. The summed E-state index contributed by atoms with van der Waals surface area (Å²) in [6.07, 6.45) is -1.41. The van der Waals surface area contributed by atoms with E-state index in [1.54, 1.807) is 6.20 Å². The van der Waals surface area contributed by atoms with Crippen LogP contribution in [0.3, 0.4) is 0 Å². The first kappa shape index (κ1) is 15.4. The van der Waals surface area contributed by atoms with Crippen LogP contribution in [-0.4, -0.2) is 21.9 Å². The van der Waals surface area contributed by atoms with Crippen molar-refractivity contribution >= 4 is 0 Å². The fourth-order valence-corrected chi connectivity index (χ4v) is 1.96. The predicted octanol–water partition coefficient (Wildman–Crippen LogP) is 3.69. The standard InChI is InChI=1S/C15H16F3N3/c1-11(13-5-3-4-8-19-13)21(2)10-12-6-7-14(20-9-12)15(16,17)18/h3-9,11H,10H2,1-2H3. The van der Waals surface area contributed by atoms with Crippen molar-refractivity contribution in [3.05, 3.63) is 59.7 Å². The van der Waals surface area contributed by atoms with Crippen molar-refractivity contribution in [1.29, 1.82) is 0 Å². The summed E-state index contributed by atoms with van der Waals surface area (Å²) in [6, 6.07) is 8.20. The van der Waals surface area contributed by atoms with Crippen LogP contribution in [0.5, 0.6) is 0 Å². The molecule has 0 bridgehead atoms. The molecule has 1 atom stereocenters. The van der Waals surface area contributed by atoms with Crippen LogP contribution in [0.15, 0.2) is 42.7 Å². The first-order chi connectivity index (χ1) is 9.88. The largest absolute Gasteiger partial charge is 0.433 e. The van der Waals surface area contributed by atoms with Gasteiger partial charge in [0.2, 0.25) is 0 Å². The van der Waals surface area contributed by atoms with Gasteiger partial charge in [-0.05, 0) is 37.7 Å². The molecule has 0 aliphatic carbocycles. The van der Waals surface area contributed by atoms with Crippen LogP contribution in [-0.2, 0) is 12.7 Å². The summed E-state index contributed by atoms with van der Waals surface area (Å²) in [5.41, 5.74) is 0.778. The molecular weight excluding hydrogens is 279 g/mol. The highest BCUT2D eigenvalue weighted by Crippen LogP contribution is 2.27. The normalized spacial score (nSPS) is 13.4. The van der Waals surface area contributed by atoms with E-state index < -0.39 is 11.9 Å². The third kappa shape index (κ3) is 4.01. The second-order valence-corrected chi connectivity index (χ2v) is 4.90. The van der Waals surface area contributed by atoms with Gasteiger partial charge in [-0.15, -0.1) is 0 Å². The Morgan fingerprint density at radius 3 is 2.43 bits per heavy atom. The fraction of sp³-hybridized carbons (Fsp3) is 0.333. The van der Waals surface area contributed by atoms with Crippen molar-refractivity contribution in [2.75, 3.05) is 7.05 Å². The molecule has 21 heavy (non-hydrogen) atoms. The number of alkyl halides is 3. The molecule has 3 nitrogen and oxygen atoms in total. The number of pyridine rings is 2. The Labute approximate surface area is 121 Å². The van der Waals surface area contributed by atoms with Crippen molar-refractivity contribution in [1.82, 2.24) is 14.9 Å². The molecule has 0 amide bonds. The van der Waals surface area contributed by atoms with Crippen molar-refractivity contribution in [2.24, 2.45) is 0 Å². The van der Waals surface area contributed by atoms with E-state index >= 15 is 0 Å². The van der Waals surface area contributed by atoms with Crippen LogP contribution >= 0.6 is 0 Å². The minimum atomic E-state index is -4.40. The topological polar surface area (TPSA) is 29.0 Å². The Hall–Kier alpha value is -1.95. The Morgan fingerprint density at radius 2 is 1.90 bits per heavy atom. The average Bonchev–Trinajstić information content (AvgIpc) is 2.47. The lowest BCUT2D eigenvalue weighted by atomic mass is 10.1. The monoisotopic (exact) mass is 295 g/mol. The maximum absolute atomic E-state index is 12.5. The van der Waals surface area contributed by atoms with Crippen LogP contribution in [0, 0.1) is 0 Å². The Balaban J connectivity index is 2.04. The summed E-state index contributed by atoms with van der Waals surface area (Å²) in [5.74, 6) is 0. The van der Waals surface area contributed by atoms with Gasteiger partial charge in [-0.1, -0.05) is 12.1 Å². The molecule has 0 aromatic carbocycles. The number of hydrogen-bond acceptors (Lipinski definition) is 3. The molecule has 1 unspecified atom stereocenters. The lowest BCUT2D eigenvalue weighted by Crippen LogP contribution is -2.22. The second-order valence-electron chi connectivity index (χ2n) is 4.90. The van der Waals surface area contributed by atoms with E-state index in [0.717, 1.165) is 17.3 Å². The van der Waals surface area contributed by atoms with E-state index in [0.29, 0.717) is 6.54 Å². The number of rotatable bonds is 4. The molecule has 0 saturated heterocycles. The maximum Gasteiger partial charge on any atom is 0.433 e. The number of halogens is 3. The Morgan fingerprint density at radius 1 is 1.14 bits per heavy atom. The van der Waals surface area contributed by atoms with Crippen LogP contribution < -0.4 is 0 Å². The molecule has 112 valence electrons. The summed E-state index contributed by atoms with van der Waals surface area (Å²) in [4.78, 5) is 9.76. The van der Waals surface area contributed by atoms with E-state index in [1.165, 1.54) is 12.3 Å². The van der Waals surface area contributed by atoms with Crippen molar-refractivity contribution in [3.8, 4) is 0 Å². The van der Waals surface area contributed by atoms with E-state index in [-0.39, 0.29) is 6.04 Å². The van der Waals surface area contributed by atoms with Gasteiger partial charge in [0.25, 0.3) is 0 Å². The van der Waals surface area contributed by atoms with Gasteiger partial charge in [-0.2, -0.15) is 13.2 Å². The Bertz CT molecular complexity index is 567. The minimum Gasteiger partial charge on any atom is -0.294 e. The SMILES string of the molecule is CC(c1ccccn1)N(C)Cc1ccc(C(F)(F)F)nc1. The van der Waals surface area contributed by atoms with Crippen molar-refractivity contribution in [3.63, 3.8) is 0 Å². The van der Waals surface area contributed by atoms with Gasteiger partial charge in [0.1, 0.15) is 5.69 Å². The summed E-state index contributed by atoms with van der Waals surface area (Å²) in [7, 11) is 1.90. The lowest BCUT2D eigenvalue weighted by molar-refractivity contribution is -0.141. The molecule has 0 saturated carbocycles. The highest BCUT2D eigenvalue weighted by molar-refractivity contribution is 5.16. The summed E-state index contributed by atoms with van der Waals surface area (Å²) >= 11 is 0. The van der Waals surface area contributed by atoms with Gasteiger partial charge in [-0.3, -0.25) is 14.9 Å². The third-order valence-electron chi connectivity index (χ3n) is 3.32. The van der Waals surface area contributed by atoms with Gasteiger partial charge in [0, 0.05) is 25.0 Å². The van der Waals surface area contributed by atoms with Crippen LogP contribution in [0.1, 0.15) is 29.9 Å². The molecule has 0 fully saturated rings. The smallest absolute Gasteiger partial charge is 0.294 e. The quantitative estimate of drug-likeness (QED) is 0.861. The molecule has 0 radical (unpaired) electrons. The van der Waals surface area contributed by atoms with Crippen molar-refractivity contribution in [2.45, 2.75) is 25.7 Å². The third-order valence-corrected chi connectivity index (χ3v) is 3.32. The molecule has 2 heterocycles. The van der Waals surface area contributed by atoms with Gasteiger partial charge >= 0.3 is 6.18 Å². The first-order valence-electron chi connectivity index (χ1n) is 6.51. The van der Waals surface area contributed by atoms with Gasteiger partial charge in [-0.25, -0.2) is 0 Å². The molecule has 0 aliphatic heterocycles. The van der Waals surface area contributed by atoms with E-state index in [2.05, 4.69) is 9.97 Å². The fourth-order valence-electron chi connectivity index (χ4n) is 1.96. The van der Waals surface area contributed by atoms with Crippen LogP contribution in [0.4, 0.5) is 13.2 Å². The molecule has 0 aliphatic rings. The highest BCUT2D eigenvalue weighted by atomic mass is 19.4.